The van der Waals surface area contributed by atoms with Crippen molar-refractivity contribution >= 4 is 26.2 Å². The van der Waals surface area contributed by atoms with Crippen molar-refractivity contribution in [3.05, 3.63) is 27.1 Å². The Morgan fingerprint density at radius 3 is 2.75 bits per heavy atom. The zero-order valence-electron chi connectivity index (χ0n) is 8.67. The van der Waals surface area contributed by atoms with Crippen molar-refractivity contribution in [2.24, 2.45) is 0 Å². The lowest BCUT2D eigenvalue weighted by Crippen LogP contribution is -2.21. The van der Waals surface area contributed by atoms with E-state index in [2.05, 4.69) is 5.32 Å². The molecule has 0 radical (unpaired) electrons. The van der Waals surface area contributed by atoms with Gasteiger partial charge in [-0.2, -0.15) is 0 Å². The van der Waals surface area contributed by atoms with Crippen molar-refractivity contribution in [2.45, 2.75) is 6.54 Å². The van der Waals surface area contributed by atoms with Gasteiger partial charge in [0.1, 0.15) is 9.84 Å². The molecule has 0 spiro atoms. The number of sulfone groups is 1. The summed E-state index contributed by atoms with van der Waals surface area (Å²) in [6.07, 6.45) is 1.17. The van der Waals surface area contributed by atoms with Crippen LogP contribution in [0, 0.1) is 10.1 Å². The third-order valence-electron chi connectivity index (χ3n) is 1.80. The second-order valence-electron chi connectivity index (χ2n) is 3.36. The summed E-state index contributed by atoms with van der Waals surface area (Å²) >= 11 is 1.06. The van der Waals surface area contributed by atoms with Crippen LogP contribution >= 0.6 is 11.3 Å². The Morgan fingerprint density at radius 1 is 1.56 bits per heavy atom. The average Bonchev–Trinajstić information content (AvgIpc) is 2.59. The summed E-state index contributed by atoms with van der Waals surface area (Å²) in [4.78, 5) is 9.95. The third-order valence-corrected chi connectivity index (χ3v) is 3.67. The van der Waals surface area contributed by atoms with E-state index in [0.717, 1.165) is 16.9 Å². The highest BCUT2D eigenvalue weighted by Crippen LogP contribution is 2.22. The molecule has 1 aromatic heterocycles. The quantitative estimate of drug-likeness (QED) is 0.466. The summed E-state index contributed by atoms with van der Waals surface area (Å²) in [6.45, 7) is 0.794. The van der Waals surface area contributed by atoms with E-state index in [0.29, 0.717) is 13.1 Å². The van der Waals surface area contributed by atoms with Gasteiger partial charge in [0.05, 0.1) is 10.7 Å². The fourth-order valence-corrected chi connectivity index (χ4v) is 2.29. The summed E-state index contributed by atoms with van der Waals surface area (Å²) < 4.78 is 21.6. The standard InChI is InChI=1S/C8H12N2O4S2/c1-16(13,14)3-2-9-5-7-4-8(10(11)12)15-6-7/h4,6,9H,2-3,5H2,1H3. The minimum Gasteiger partial charge on any atom is -0.312 e. The summed E-state index contributed by atoms with van der Waals surface area (Å²) in [5, 5.41) is 15.1. The highest BCUT2D eigenvalue weighted by atomic mass is 32.2. The Bertz CT molecular complexity index is 466. The molecule has 0 amide bonds. The van der Waals surface area contributed by atoms with E-state index in [1.165, 1.54) is 12.3 Å². The molecule has 8 heteroatoms. The summed E-state index contributed by atoms with van der Waals surface area (Å²) in [5.74, 6) is 0.0687. The smallest absolute Gasteiger partial charge is 0.312 e. The van der Waals surface area contributed by atoms with E-state index in [9.17, 15) is 18.5 Å². The number of nitrogens with one attached hydrogen (secondary N) is 1. The zero-order chi connectivity index (χ0) is 12.2. The molecule has 1 N–H and O–H groups in total. The van der Waals surface area contributed by atoms with Gasteiger partial charge in [0.25, 0.3) is 0 Å². The number of nitrogens with zero attached hydrogens (tertiary/aromatic N) is 1. The number of hydrogen-bond donors (Lipinski definition) is 1. The molecular formula is C8H12N2O4S2. The van der Waals surface area contributed by atoms with Gasteiger partial charge in [-0.25, -0.2) is 8.42 Å². The van der Waals surface area contributed by atoms with Gasteiger partial charge in [0.15, 0.2) is 0 Å². The van der Waals surface area contributed by atoms with Crippen molar-refractivity contribution in [3.63, 3.8) is 0 Å². The van der Waals surface area contributed by atoms with Crippen LogP contribution in [0.2, 0.25) is 0 Å². The molecule has 1 heterocycles. The molecule has 0 fully saturated rings. The Kier molecular flexibility index (Phi) is 4.39. The second kappa shape index (κ2) is 5.37. The predicted molar refractivity (Wildman–Crippen MR) is 62.4 cm³/mol. The highest BCUT2D eigenvalue weighted by molar-refractivity contribution is 7.90. The van der Waals surface area contributed by atoms with Crippen LogP contribution in [0.4, 0.5) is 5.00 Å². The van der Waals surface area contributed by atoms with Crippen molar-refractivity contribution in [2.75, 3.05) is 18.6 Å². The lowest BCUT2D eigenvalue weighted by molar-refractivity contribution is -0.380. The van der Waals surface area contributed by atoms with E-state index in [-0.39, 0.29) is 10.8 Å². The fraction of sp³-hybridized carbons (Fsp3) is 0.500. The van der Waals surface area contributed by atoms with Gasteiger partial charge in [-0.1, -0.05) is 11.3 Å². The molecule has 1 aromatic rings. The van der Waals surface area contributed by atoms with Crippen molar-refractivity contribution < 1.29 is 13.3 Å². The van der Waals surface area contributed by atoms with Crippen LogP contribution in [0.1, 0.15) is 5.56 Å². The van der Waals surface area contributed by atoms with E-state index in [1.54, 1.807) is 5.38 Å². The molecule has 0 bridgehead atoms. The van der Waals surface area contributed by atoms with Crippen molar-refractivity contribution in [3.8, 4) is 0 Å². The molecule has 90 valence electrons. The minimum absolute atomic E-state index is 0.0687. The lowest BCUT2D eigenvalue weighted by atomic mass is 10.3. The first-order chi connectivity index (χ1) is 7.38. The van der Waals surface area contributed by atoms with Gasteiger partial charge in [0.2, 0.25) is 0 Å². The Labute approximate surface area is 97.4 Å². The molecule has 1 rings (SSSR count). The first-order valence-electron chi connectivity index (χ1n) is 4.49. The van der Waals surface area contributed by atoms with Gasteiger partial charge in [-0.3, -0.25) is 10.1 Å². The summed E-state index contributed by atoms with van der Waals surface area (Å²) in [7, 11) is -2.95. The van der Waals surface area contributed by atoms with Crippen LogP contribution in [0.3, 0.4) is 0 Å². The number of thiophene rings is 1. The molecule has 0 atom stereocenters. The maximum atomic E-state index is 10.8. The third kappa shape index (κ3) is 4.69. The maximum absolute atomic E-state index is 10.8. The number of rotatable bonds is 6. The monoisotopic (exact) mass is 264 g/mol. The van der Waals surface area contributed by atoms with Crippen LogP contribution in [0.25, 0.3) is 0 Å². The molecule has 0 aliphatic carbocycles. The Balaban J connectivity index is 2.35. The first-order valence-corrected chi connectivity index (χ1v) is 7.43. The van der Waals surface area contributed by atoms with Crippen molar-refractivity contribution in [1.82, 2.24) is 5.32 Å². The molecule has 0 aromatic carbocycles. The molecular weight excluding hydrogens is 252 g/mol. The largest absolute Gasteiger partial charge is 0.324 e. The summed E-state index contributed by atoms with van der Waals surface area (Å²) in [5.41, 5.74) is 0.796. The van der Waals surface area contributed by atoms with E-state index < -0.39 is 14.8 Å². The zero-order valence-corrected chi connectivity index (χ0v) is 10.3. The lowest BCUT2D eigenvalue weighted by Gasteiger charge is -2.00. The van der Waals surface area contributed by atoms with Crippen LogP contribution in [0.15, 0.2) is 11.4 Å². The van der Waals surface area contributed by atoms with Crippen LogP contribution in [-0.4, -0.2) is 31.9 Å². The Morgan fingerprint density at radius 2 is 2.25 bits per heavy atom. The van der Waals surface area contributed by atoms with Gasteiger partial charge in [-0.05, 0) is 5.56 Å². The molecule has 16 heavy (non-hydrogen) atoms. The van der Waals surface area contributed by atoms with Gasteiger partial charge in [0, 0.05) is 30.8 Å². The van der Waals surface area contributed by atoms with Gasteiger partial charge in [-0.15, -0.1) is 0 Å². The normalized spacial score (nSPS) is 11.6. The molecule has 0 saturated heterocycles. The molecule has 0 saturated carbocycles. The topological polar surface area (TPSA) is 89.3 Å². The highest BCUT2D eigenvalue weighted by Gasteiger charge is 2.09. The predicted octanol–water partition coefficient (Wildman–Crippen LogP) is 0.791. The second-order valence-corrected chi connectivity index (χ2v) is 6.51. The van der Waals surface area contributed by atoms with Gasteiger partial charge < -0.3 is 5.32 Å². The van der Waals surface area contributed by atoms with E-state index >= 15 is 0 Å². The summed E-state index contributed by atoms with van der Waals surface area (Å²) in [6, 6.07) is 1.48. The van der Waals surface area contributed by atoms with E-state index in [1.807, 2.05) is 0 Å². The van der Waals surface area contributed by atoms with E-state index in [4.69, 9.17) is 0 Å². The van der Waals surface area contributed by atoms with Crippen LogP contribution < -0.4 is 5.32 Å². The first kappa shape index (κ1) is 13.1. The fourth-order valence-electron chi connectivity index (χ4n) is 1.04. The average molecular weight is 264 g/mol. The molecule has 0 unspecified atom stereocenters. The molecule has 0 aliphatic rings. The maximum Gasteiger partial charge on any atom is 0.324 e. The van der Waals surface area contributed by atoms with Crippen LogP contribution in [-0.2, 0) is 16.4 Å². The minimum atomic E-state index is -2.95. The molecule has 0 aliphatic heterocycles. The number of nitro groups is 1. The Hall–Kier alpha value is -0.990. The number of hydrogen-bond acceptors (Lipinski definition) is 6. The van der Waals surface area contributed by atoms with Crippen molar-refractivity contribution in [1.29, 1.82) is 0 Å². The van der Waals surface area contributed by atoms with Crippen LogP contribution in [0.5, 0.6) is 0 Å². The van der Waals surface area contributed by atoms with Gasteiger partial charge >= 0.3 is 5.00 Å². The SMILES string of the molecule is CS(=O)(=O)CCNCc1csc([N+](=O)[O-])c1. The molecule has 6 nitrogen and oxygen atoms in total.